The van der Waals surface area contributed by atoms with Gasteiger partial charge in [0.25, 0.3) is 0 Å². The van der Waals surface area contributed by atoms with Crippen LogP contribution >= 0.6 is 0 Å². The number of para-hydroxylation sites is 1. The van der Waals surface area contributed by atoms with Gasteiger partial charge in [-0.25, -0.2) is 0 Å². The molecule has 3 rings (SSSR count). The average molecular weight is 251 g/mol. The van der Waals surface area contributed by atoms with E-state index in [4.69, 9.17) is 4.74 Å². The Morgan fingerprint density at radius 2 is 1.84 bits per heavy atom. The summed E-state index contributed by atoms with van der Waals surface area (Å²) in [7, 11) is 0. The van der Waals surface area contributed by atoms with Gasteiger partial charge >= 0.3 is 0 Å². The Labute approximate surface area is 113 Å². The molecule has 0 saturated heterocycles. The summed E-state index contributed by atoms with van der Waals surface area (Å²) in [5.74, 6) is 0.942. The highest BCUT2D eigenvalue weighted by atomic mass is 16.5. The first-order chi connectivity index (χ1) is 9.22. The van der Waals surface area contributed by atoms with Crippen molar-refractivity contribution in [2.24, 2.45) is 0 Å². The Balaban J connectivity index is 1.80. The van der Waals surface area contributed by atoms with E-state index in [-0.39, 0.29) is 0 Å². The summed E-state index contributed by atoms with van der Waals surface area (Å²) in [5, 5.41) is 1.24. The van der Waals surface area contributed by atoms with Crippen molar-refractivity contribution in [3.8, 4) is 5.75 Å². The van der Waals surface area contributed by atoms with Gasteiger partial charge in [0, 0.05) is 10.9 Å². The maximum absolute atomic E-state index is 5.85. The minimum atomic E-state index is 0.568. The lowest BCUT2D eigenvalue weighted by Gasteiger charge is -2.07. The van der Waals surface area contributed by atoms with Gasteiger partial charge in [-0.05, 0) is 43.7 Å². The summed E-state index contributed by atoms with van der Waals surface area (Å²) in [6, 6.07) is 16.6. The van der Waals surface area contributed by atoms with E-state index in [1.165, 1.54) is 10.9 Å². The van der Waals surface area contributed by atoms with Gasteiger partial charge in [0.15, 0.2) is 0 Å². The molecule has 2 aromatic carbocycles. The van der Waals surface area contributed by atoms with Gasteiger partial charge in [-0.1, -0.05) is 29.8 Å². The first-order valence-electron chi connectivity index (χ1n) is 6.49. The van der Waals surface area contributed by atoms with E-state index in [1.54, 1.807) is 0 Å². The molecular weight excluding hydrogens is 234 g/mol. The van der Waals surface area contributed by atoms with E-state index in [0.717, 1.165) is 22.5 Å². The molecule has 96 valence electrons. The van der Waals surface area contributed by atoms with Crippen molar-refractivity contribution in [1.82, 2.24) is 4.98 Å². The highest BCUT2D eigenvalue weighted by molar-refractivity contribution is 5.81. The van der Waals surface area contributed by atoms with Crippen LogP contribution in [0.25, 0.3) is 10.9 Å². The minimum absolute atomic E-state index is 0.568. The van der Waals surface area contributed by atoms with E-state index in [9.17, 15) is 0 Å². The Bertz CT molecular complexity index is 712. The van der Waals surface area contributed by atoms with Crippen molar-refractivity contribution < 1.29 is 4.74 Å². The van der Waals surface area contributed by atoms with Gasteiger partial charge < -0.3 is 9.72 Å². The number of hydrogen-bond acceptors (Lipinski definition) is 1. The van der Waals surface area contributed by atoms with Crippen molar-refractivity contribution in [2.75, 3.05) is 0 Å². The smallest absolute Gasteiger partial charge is 0.128 e. The van der Waals surface area contributed by atoms with Crippen molar-refractivity contribution in [2.45, 2.75) is 20.5 Å². The fourth-order valence-corrected chi connectivity index (χ4v) is 2.26. The van der Waals surface area contributed by atoms with Crippen molar-refractivity contribution >= 4 is 10.9 Å². The van der Waals surface area contributed by atoms with Crippen LogP contribution in [0.15, 0.2) is 48.5 Å². The minimum Gasteiger partial charge on any atom is -0.487 e. The molecule has 2 heteroatoms. The number of aromatic amines is 1. The van der Waals surface area contributed by atoms with Gasteiger partial charge in [0.2, 0.25) is 0 Å². The Morgan fingerprint density at radius 1 is 1.00 bits per heavy atom. The van der Waals surface area contributed by atoms with Crippen LogP contribution in [-0.2, 0) is 6.61 Å². The second-order valence-corrected chi connectivity index (χ2v) is 4.94. The third-order valence-corrected chi connectivity index (χ3v) is 3.31. The molecule has 1 N–H and O–H groups in total. The van der Waals surface area contributed by atoms with Crippen molar-refractivity contribution in [1.29, 1.82) is 0 Å². The molecule has 3 aromatic rings. The molecule has 1 heterocycles. The maximum atomic E-state index is 5.85. The molecule has 0 aliphatic carbocycles. The van der Waals surface area contributed by atoms with Crippen LogP contribution in [0.2, 0.25) is 0 Å². The molecule has 0 spiro atoms. The zero-order valence-corrected chi connectivity index (χ0v) is 11.2. The molecule has 0 atom stereocenters. The Hall–Kier alpha value is -2.22. The summed E-state index contributed by atoms with van der Waals surface area (Å²) >= 11 is 0. The molecule has 0 saturated carbocycles. The summed E-state index contributed by atoms with van der Waals surface area (Å²) in [5.41, 5.74) is 4.70. The van der Waals surface area contributed by atoms with E-state index in [2.05, 4.69) is 49.2 Å². The molecule has 0 radical (unpaired) electrons. The largest absolute Gasteiger partial charge is 0.487 e. The molecule has 0 fully saturated rings. The van der Waals surface area contributed by atoms with Crippen LogP contribution in [0.4, 0.5) is 0 Å². The summed E-state index contributed by atoms with van der Waals surface area (Å²) in [4.78, 5) is 3.39. The van der Waals surface area contributed by atoms with E-state index in [0.29, 0.717) is 6.61 Å². The summed E-state index contributed by atoms with van der Waals surface area (Å²) < 4.78 is 5.85. The van der Waals surface area contributed by atoms with Crippen LogP contribution < -0.4 is 4.74 Å². The second-order valence-electron chi connectivity index (χ2n) is 4.94. The molecule has 0 aliphatic heterocycles. The number of fused-ring (bicyclic) bond motifs is 1. The number of aromatic nitrogens is 1. The number of nitrogens with one attached hydrogen (secondary N) is 1. The number of H-pyrrole nitrogens is 1. The monoisotopic (exact) mass is 251 g/mol. The van der Waals surface area contributed by atoms with Crippen molar-refractivity contribution in [3.05, 3.63) is 65.4 Å². The third kappa shape index (κ3) is 2.48. The average Bonchev–Trinajstić information content (AvgIpc) is 2.79. The maximum Gasteiger partial charge on any atom is 0.128 e. The van der Waals surface area contributed by atoms with Gasteiger partial charge in [-0.3, -0.25) is 0 Å². The van der Waals surface area contributed by atoms with E-state index in [1.807, 2.05) is 18.2 Å². The number of aryl methyl sites for hydroxylation is 2. The van der Waals surface area contributed by atoms with Gasteiger partial charge in [0.1, 0.15) is 12.4 Å². The quantitative estimate of drug-likeness (QED) is 0.735. The Morgan fingerprint density at radius 3 is 2.68 bits per heavy atom. The van der Waals surface area contributed by atoms with Gasteiger partial charge in [-0.2, -0.15) is 0 Å². The normalized spacial score (nSPS) is 10.8. The summed E-state index contributed by atoms with van der Waals surface area (Å²) in [6.07, 6.45) is 0. The molecule has 0 aliphatic rings. The lowest BCUT2D eigenvalue weighted by Crippen LogP contribution is -1.96. The van der Waals surface area contributed by atoms with Gasteiger partial charge in [0.05, 0.1) is 5.69 Å². The van der Waals surface area contributed by atoms with Crippen LogP contribution in [0.5, 0.6) is 5.75 Å². The molecule has 0 unspecified atom stereocenters. The van der Waals surface area contributed by atoms with Gasteiger partial charge in [-0.15, -0.1) is 0 Å². The molecule has 0 bridgehead atoms. The number of ether oxygens (including phenoxy) is 1. The van der Waals surface area contributed by atoms with E-state index < -0.39 is 0 Å². The molecule has 19 heavy (non-hydrogen) atoms. The standard InChI is InChI=1S/C17H17NO/c1-12-7-8-16-14(9-12)10-15(18-16)11-19-17-6-4-3-5-13(17)2/h3-10,18H,11H2,1-2H3. The third-order valence-electron chi connectivity index (χ3n) is 3.31. The molecule has 1 aromatic heterocycles. The topological polar surface area (TPSA) is 25.0 Å². The first kappa shape index (κ1) is 11.8. The summed E-state index contributed by atoms with van der Waals surface area (Å²) in [6.45, 7) is 4.73. The fourth-order valence-electron chi connectivity index (χ4n) is 2.26. The van der Waals surface area contributed by atoms with Crippen LogP contribution in [0, 0.1) is 13.8 Å². The second kappa shape index (κ2) is 4.81. The van der Waals surface area contributed by atoms with Crippen LogP contribution in [-0.4, -0.2) is 4.98 Å². The Kier molecular flexibility index (Phi) is 3.00. The fraction of sp³-hybridized carbons (Fsp3) is 0.176. The number of benzene rings is 2. The van der Waals surface area contributed by atoms with Crippen LogP contribution in [0.1, 0.15) is 16.8 Å². The molecule has 0 amide bonds. The van der Waals surface area contributed by atoms with E-state index >= 15 is 0 Å². The number of hydrogen-bond donors (Lipinski definition) is 1. The van der Waals surface area contributed by atoms with Crippen LogP contribution in [0.3, 0.4) is 0 Å². The van der Waals surface area contributed by atoms with Crippen molar-refractivity contribution in [3.63, 3.8) is 0 Å². The first-order valence-corrected chi connectivity index (χ1v) is 6.49. The highest BCUT2D eigenvalue weighted by Crippen LogP contribution is 2.20. The molecular formula is C17H17NO. The highest BCUT2D eigenvalue weighted by Gasteiger charge is 2.03. The SMILES string of the molecule is Cc1ccc2[nH]c(COc3ccccc3C)cc2c1. The zero-order chi connectivity index (χ0) is 13.2. The molecule has 2 nitrogen and oxygen atoms in total. The lowest BCUT2D eigenvalue weighted by molar-refractivity contribution is 0.300. The lowest BCUT2D eigenvalue weighted by atomic mass is 10.2. The number of rotatable bonds is 3. The predicted molar refractivity (Wildman–Crippen MR) is 78.5 cm³/mol. The zero-order valence-electron chi connectivity index (χ0n) is 11.2. The predicted octanol–water partition coefficient (Wildman–Crippen LogP) is 4.36.